The topological polar surface area (TPSA) is 228 Å². The Labute approximate surface area is 457 Å². The fourth-order valence-corrected chi connectivity index (χ4v) is 10.9. The van der Waals surface area contributed by atoms with Gasteiger partial charge in [0.25, 0.3) is 0 Å². The van der Waals surface area contributed by atoms with Crippen LogP contribution < -0.4 is 5.32 Å². The average Bonchev–Trinajstić information content (AvgIpc) is 3.41. The van der Waals surface area contributed by atoms with Crippen LogP contribution in [0.1, 0.15) is 290 Å². The zero-order valence-corrected chi connectivity index (χ0v) is 48.1. The third kappa shape index (κ3) is 33.4. The van der Waals surface area contributed by atoms with Gasteiger partial charge < -0.3 is 65.1 Å². The summed E-state index contributed by atoms with van der Waals surface area (Å²) in [5.74, 6) is -0.199. The van der Waals surface area contributed by atoms with E-state index in [9.17, 15) is 45.6 Å². The number of carbonyl (C=O) groups is 1. The summed E-state index contributed by atoms with van der Waals surface area (Å²) in [6.45, 7) is 2.91. The van der Waals surface area contributed by atoms with Crippen LogP contribution in [0.3, 0.4) is 0 Å². The second kappa shape index (κ2) is 47.8. The molecule has 2 heterocycles. The molecule has 0 aromatic heterocycles. The zero-order valence-electron chi connectivity index (χ0n) is 48.1. The Bertz CT molecular complexity index is 1270. The highest BCUT2D eigenvalue weighted by Crippen LogP contribution is 2.30. The molecule has 0 radical (unpaired) electrons. The highest BCUT2D eigenvalue weighted by molar-refractivity contribution is 5.76. The molecule has 2 aliphatic heterocycles. The first-order valence-electron chi connectivity index (χ1n) is 31.8. The van der Waals surface area contributed by atoms with Crippen molar-refractivity contribution in [2.45, 2.75) is 364 Å². The van der Waals surface area contributed by atoms with Crippen molar-refractivity contribution < 1.29 is 64.6 Å². The first-order valence-corrected chi connectivity index (χ1v) is 31.8. The molecule has 14 nitrogen and oxygen atoms in total. The summed E-state index contributed by atoms with van der Waals surface area (Å²) in [5, 5.41) is 87.4. The van der Waals surface area contributed by atoms with Crippen LogP contribution in [0, 0.1) is 0 Å². The Morgan fingerprint density at radius 2 is 0.760 bits per heavy atom. The maximum absolute atomic E-state index is 13.3. The normalized spacial score (nSPS) is 24.9. The summed E-state index contributed by atoms with van der Waals surface area (Å²) in [4.78, 5) is 13.3. The fourth-order valence-electron chi connectivity index (χ4n) is 10.9. The van der Waals surface area contributed by atoms with Crippen molar-refractivity contribution in [2.75, 3.05) is 19.8 Å². The largest absolute Gasteiger partial charge is 0.394 e. The summed E-state index contributed by atoms with van der Waals surface area (Å²) < 4.78 is 22.9. The van der Waals surface area contributed by atoms with E-state index < -0.39 is 86.8 Å². The molecule has 0 aromatic carbocycles. The first kappa shape index (κ1) is 70.1. The van der Waals surface area contributed by atoms with E-state index in [1.807, 2.05) is 0 Å². The third-order valence-electron chi connectivity index (χ3n) is 16.1. The predicted molar refractivity (Wildman–Crippen MR) is 300 cm³/mol. The van der Waals surface area contributed by atoms with Gasteiger partial charge in [0.15, 0.2) is 12.6 Å². The van der Waals surface area contributed by atoms with E-state index in [0.29, 0.717) is 12.8 Å². The molecule has 2 aliphatic rings. The van der Waals surface area contributed by atoms with Gasteiger partial charge in [-0.15, -0.1) is 0 Å². The maximum atomic E-state index is 13.3. The molecular weight excluding hydrogens is 955 g/mol. The second-order valence-electron chi connectivity index (χ2n) is 22.9. The van der Waals surface area contributed by atoms with Crippen molar-refractivity contribution in [1.82, 2.24) is 5.32 Å². The van der Waals surface area contributed by atoms with Crippen LogP contribution in [0.25, 0.3) is 0 Å². The number of amides is 1. The van der Waals surface area contributed by atoms with Crippen LogP contribution in [0.5, 0.6) is 0 Å². The Balaban J connectivity index is 1.72. The van der Waals surface area contributed by atoms with Crippen molar-refractivity contribution in [2.24, 2.45) is 0 Å². The third-order valence-corrected chi connectivity index (χ3v) is 16.1. The number of rotatable bonds is 52. The highest BCUT2D eigenvalue weighted by atomic mass is 16.7. The van der Waals surface area contributed by atoms with E-state index in [2.05, 4.69) is 19.2 Å². The van der Waals surface area contributed by atoms with Gasteiger partial charge in [0.2, 0.25) is 5.91 Å². The number of carbonyl (C=O) groups excluding carboxylic acids is 1. The Kier molecular flexibility index (Phi) is 44.6. The lowest BCUT2D eigenvalue weighted by atomic mass is 9.97. The Hall–Kier alpha value is -1.01. The molecule has 75 heavy (non-hydrogen) atoms. The molecule has 0 aliphatic carbocycles. The van der Waals surface area contributed by atoms with Gasteiger partial charge in [-0.2, -0.15) is 0 Å². The van der Waals surface area contributed by atoms with E-state index in [1.165, 1.54) is 212 Å². The van der Waals surface area contributed by atoms with Gasteiger partial charge in [-0.25, -0.2) is 0 Å². The van der Waals surface area contributed by atoms with E-state index in [-0.39, 0.29) is 12.5 Å². The van der Waals surface area contributed by atoms with Crippen LogP contribution in [0.4, 0.5) is 0 Å². The van der Waals surface area contributed by atoms with E-state index in [4.69, 9.17) is 18.9 Å². The zero-order chi connectivity index (χ0) is 54.6. The van der Waals surface area contributed by atoms with E-state index in [0.717, 1.165) is 51.4 Å². The van der Waals surface area contributed by atoms with E-state index >= 15 is 0 Å². The summed E-state index contributed by atoms with van der Waals surface area (Å²) >= 11 is 0. The van der Waals surface area contributed by atoms with Gasteiger partial charge in [0, 0.05) is 6.42 Å². The Morgan fingerprint density at radius 1 is 0.427 bits per heavy atom. The molecule has 2 fully saturated rings. The molecular formula is C61H119NO13. The van der Waals surface area contributed by atoms with Crippen molar-refractivity contribution in [1.29, 1.82) is 0 Å². The van der Waals surface area contributed by atoms with Crippen LogP contribution in [-0.2, 0) is 23.7 Å². The number of unbranched alkanes of at least 4 members (excludes halogenated alkanes) is 39. The number of hydrogen-bond donors (Lipinski definition) is 9. The number of nitrogens with one attached hydrogen (secondary N) is 1. The summed E-state index contributed by atoms with van der Waals surface area (Å²) in [7, 11) is 0. The number of hydrogen-bond acceptors (Lipinski definition) is 13. The molecule has 0 saturated carbocycles. The first-order chi connectivity index (χ1) is 36.6. The number of aliphatic hydroxyl groups excluding tert-OH is 8. The monoisotopic (exact) mass is 1070 g/mol. The van der Waals surface area contributed by atoms with E-state index in [1.54, 1.807) is 0 Å². The lowest BCUT2D eigenvalue weighted by Gasteiger charge is -2.46. The van der Waals surface area contributed by atoms with Crippen molar-refractivity contribution in [3.05, 3.63) is 0 Å². The van der Waals surface area contributed by atoms with Crippen LogP contribution in [0.15, 0.2) is 0 Å². The summed E-state index contributed by atoms with van der Waals surface area (Å²) in [6, 6.07) is -0.823. The maximum Gasteiger partial charge on any atom is 0.220 e. The van der Waals surface area contributed by atoms with Crippen molar-refractivity contribution in [3.63, 3.8) is 0 Å². The van der Waals surface area contributed by atoms with Gasteiger partial charge in [-0.1, -0.05) is 271 Å². The lowest BCUT2D eigenvalue weighted by molar-refractivity contribution is -0.359. The minimum Gasteiger partial charge on any atom is -0.394 e. The van der Waals surface area contributed by atoms with Gasteiger partial charge in [-0.3, -0.25) is 4.79 Å². The smallest absolute Gasteiger partial charge is 0.220 e. The molecule has 0 spiro atoms. The number of aliphatic hydroxyl groups is 8. The fraction of sp³-hybridized carbons (Fsp3) is 0.984. The highest BCUT2D eigenvalue weighted by Gasteiger charge is 2.51. The Morgan fingerprint density at radius 3 is 1.13 bits per heavy atom. The van der Waals surface area contributed by atoms with Gasteiger partial charge in [-0.05, 0) is 12.8 Å². The van der Waals surface area contributed by atoms with Crippen molar-refractivity contribution >= 4 is 5.91 Å². The average molecular weight is 1070 g/mol. The molecule has 1 amide bonds. The summed E-state index contributed by atoms with van der Waals surface area (Å²) in [6.07, 6.45) is 36.7. The van der Waals surface area contributed by atoms with Gasteiger partial charge in [0.1, 0.15) is 48.8 Å². The minimum absolute atomic E-state index is 0.199. The molecule has 2 rings (SSSR count). The van der Waals surface area contributed by atoms with Crippen LogP contribution in [0.2, 0.25) is 0 Å². The standard InChI is InChI=1S/C61H119NO13/c1-3-5-7-9-11-13-15-17-19-21-23-24-25-26-27-28-30-32-34-36-38-40-42-44-50(65)49(62-53(66)45-43-41-39-37-35-33-31-29-22-20-18-16-14-12-10-8-6-4-2)48-72-60-58(71)56(69)59(52(47-64)74-60)75-61-57(70)55(68)54(67)51(46-63)73-61/h49-52,54-61,63-65,67-71H,3-48H2,1-2H3,(H,62,66). The van der Waals surface area contributed by atoms with Crippen LogP contribution >= 0.6 is 0 Å². The molecule has 9 N–H and O–H groups in total. The quantitative estimate of drug-likeness (QED) is 0.0259. The molecule has 446 valence electrons. The second-order valence-corrected chi connectivity index (χ2v) is 22.9. The molecule has 12 unspecified atom stereocenters. The minimum atomic E-state index is -1.78. The molecule has 14 heteroatoms. The predicted octanol–water partition coefficient (Wildman–Crippen LogP) is 11.3. The molecule has 0 bridgehead atoms. The van der Waals surface area contributed by atoms with Crippen LogP contribution in [-0.4, -0.2) is 140 Å². The van der Waals surface area contributed by atoms with Gasteiger partial charge in [0.05, 0.1) is 32.0 Å². The van der Waals surface area contributed by atoms with Gasteiger partial charge >= 0.3 is 0 Å². The molecule has 12 atom stereocenters. The number of ether oxygens (including phenoxy) is 4. The molecule has 0 aromatic rings. The SMILES string of the molecule is CCCCCCCCCCCCCCCCCCCCCCCCCC(O)C(COC1OC(CO)C(OC2OC(CO)C(O)C(O)C2O)C(O)C1O)NC(=O)CCCCCCCCCCCCCCCCCCCC. The van der Waals surface area contributed by atoms with Crippen molar-refractivity contribution in [3.8, 4) is 0 Å². The lowest BCUT2D eigenvalue weighted by Crippen LogP contribution is -2.65. The summed E-state index contributed by atoms with van der Waals surface area (Å²) in [5.41, 5.74) is 0. The molecule has 2 saturated heterocycles.